The van der Waals surface area contributed by atoms with Crippen molar-refractivity contribution in [1.29, 1.82) is 5.26 Å². The Bertz CT molecular complexity index is 1700. The topological polar surface area (TPSA) is 135 Å². The lowest BCUT2D eigenvalue weighted by Crippen LogP contribution is -2.27. The third-order valence-electron chi connectivity index (χ3n) is 6.58. The van der Waals surface area contributed by atoms with Crippen molar-refractivity contribution in [3.05, 3.63) is 58.9 Å². The molecule has 0 fully saturated rings. The summed E-state index contributed by atoms with van der Waals surface area (Å²) >= 11 is 0. The van der Waals surface area contributed by atoms with Crippen LogP contribution in [-0.4, -0.2) is 58.3 Å². The number of carbonyl (C=O) groups excluding carboxylic acids is 3. The van der Waals surface area contributed by atoms with E-state index in [2.05, 4.69) is 6.07 Å². The molecule has 2 aromatic heterocycles. The molecule has 0 aliphatic rings. The van der Waals surface area contributed by atoms with Gasteiger partial charge in [-0.25, -0.2) is 4.79 Å². The number of hydrogen-bond donors (Lipinski definition) is 0. The molecule has 220 valence electrons. The molecule has 2 aromatic carbocycles. The van der Waals surface area contributed by atoms with Gasteiger partial charge in [-0.2, -0.15) is 10.4 Å². The molecule has 0 spiro atoms. The van der Waals surface area contributed by atoms with E-state index in [9.17, 15) is 19.6 Å². The van der Waals surface area contributed by atoms with Crippen molar-refractivity contribution in [3.63, 3.8) is 0 Å². The minimum Gasteiger partial charge on any atom is -0.496 e. The maximum atomic E-state index is 13.0. The van der Waals surface area contributed by atoms with Crippen LogP contribution >= 0.6 is 0 Å². The van der Waals surface area contributed by atoms with Crippen molar-refractivity contribution < 1.29 is 33.3 Å². The Labute approximate surface area is 243 Å². The van der Waals surface area contributed by atoms with Gasteiger partial charge >= 0.3 is 18.0 Å². The van der Waals surface area contributed by atoms with E-state index < -0.39 is 29.6 Å². The maximum absolute atomic E-state index is 13.0. The molecule has 11 heteroatoms. The van der Waals surface area contributed by atoms with Crippen molar-refractivity contribution in [1.82, 2.24) is 14.3 Å². The van der Waals surface area contributed by atoms with Crippen LogP contribution in [-0.2, 0) is 30.3 Å². The number of aromatic nitrogens is 3. The van der Waals surface area contributed by atoms with Crippen LogP contribution < -0.4 is 4.74 Å². The van der Waals surface area contributed by atoms with E-state index in [1.54, 1.807) is 70.9 Å². The van der Waals surface area contributed by atoms with Gasteiger partial charge in [0.2, 0.25) is 0 Å². The lowest BCUT2D eigenvalue weighted by molar-refractivity contribution is -0.156. The fraction of sp³-hybridized carbons (Fsp3) is 0.387. The molecule has 0 unspecified atom stereocenters. The van der Waals surface area contributed by atoms with Gasteiger partial charge in [0.25, 0.3) is 0 Å². The van der Waals surface area contributed by atoms with Crippen molar-refractivity contribution in [3.8, 4) is 11.8 Å². The third-order valence-corrected chi connectivity index (χ3v) is 6.58. The minimum absolute atomic E-state index is 0.0488. The van der Waals surface area contributed by atoms with Crippen LogP contribution in [0, 0.1) is 18.3 Å². The first-order valence-electron chi connectivity index (χ1n) is 13.6. The summed E-state index contributed by atoms with van der Waals surface area (Å²) in [6.07, 6.45) is 2.91. The summed E-state index contributed by atoms with van der Waals surface area (Å²) in [5.41, 5.74) is 2.12. The summed E-state index contributed by atoms with van der Waals surface area (Å²) in [4.78, 5) is 38.9. The Balaban J connectivity index is 1.87. The number of ether oxygens (including phenoxy) is 4. The number of methoxy groups -OCH3 is 1. The van der Waals surface area contributed by atoms with Gasteiger partial charge < -0.3 is 18.9 Å². The molecule has 4 rings (SSSR count). The number of rotatable bonds is 8. The standard InChI is InChI=1S/C31H34N4O7/c1-8-40-28(36)25(29(37)41-9-2)24-19(15-32)10-11-20-16-34(33-26(20)24)17-22-21-12-13-35(30(38)42-31(4,5)6)27(21)18(3)14-23(22)39-7/h10-14,16,25H,8-9,17H2,1-7H3. The average Bonchev–Trinajstić information content (AvgIpc) is 3.55. The molecular formula is C31H34N4O7. The van der Waals surface area contributed by atoms with E-state index in [1.165, 1.54) is 4.57 Å². The van der Waals surface area contributed by atoms with E-state index in [0.717, 1.165) is 16.5 Å². The van der Waals surface area contributed by atoms with Crippen LogP contribution in [0.4, 0.5) is 4.79 Å². The number of carbonyl (C=O) groups is 3. The first kappa shape index (κ1) is 30.1. The van der Waals surface area contributed by atoms with Crippen LogP contribution in [0.1, 0.15) is 62.8 Å². The molecule has 0 amide bonds. The average molecular weight is 575 g/mol. The van der Waals surface area contributed by atoms with Gasteiger partial charge in [-0.1, -0.05) is 0 Å². The van der Waals surface area contributed by atoms with Crippen LogP contribution in [0.3, 0.4) is 0 Å². The van der Waals surface area contributed by atoms with Crippen molar-refractivity contribution >= 4 is 39.8 Å². The Kier molecular flexibility index (Phi) is 8.56. The maximum Gasteiger partial charge on any atom is 0.419 e. The Morgan fingerprint density at radius 3 is 2.31 bits per heavy atom. The summed E-state index contributed by atoms with van der Waals surface area (Å²) in [5.74, 6) is -2.52. The molecule has 0 aliphatic carbocycles. The summed E-state index contributed by atoms with van der Waals surface area (Å²) in [7, 11) is 1.56. The summed E-state index contributed by atoms with van der Waals surface area (Å²) in [6.45, 7) is 10.9. The fourth-order valence-corrected chi connectivity index (χ4v) is 4.95. The molecule has 42 heavy (non-hydrogen) atoms. The first-order valence-corrected chi connectivity index (χ1v) is 13.6. The smallest absolute Gasteiger partial charge is 0.419 e. The first-order chi connectivity index (χ1) is 19.9. The molecule has 0 saturated carbocycles. The van der Waals surface area contributed by atoms with Gasteiger partial charge in [0.05, 0.1) is 49.5 Å². The number of esters is 2. The molecule has 0 atom stereocenters. The quantitative estimate of drug-likeness (QED) is 0.158. The van der Waals surface area contributed by atoms with Gasteiger partial charge in [0.1, 0.15) is 11.4 Å². The van der Waals surface area contributed by atoms with E-state index in [0.29, 0.717) is 22.2 Å². The minimum atomic E-state index is -1.48. The normalized spacial score (nSPS) is 11.5. The van der Waals surface area contributed by atoms with E-state index in [-0.39, 0.29) is 30.9 Å². The highest BCUT2D eigenvalue weighted by molar-refractivity contribution is 6.05. The van der Waals surface area contributed by atoms with Crippen LogP contribution in [0.5, 0.6) is 5.75 Å². The second-order valence-corrected chi connectivity index (χ2v) is 10.6. The predicted molar refractivity (Wildman–Crippen MR) is 154 cm³/mol. The second-order valence-electron chi connectivity index (χ2n) is 10.6. The van der Waals surface area contributed by atoms with Crippen LogP contribution in [0.2, 0.25) is 0 Å². The van der Waals surface area contributed by atoms with Gasteiger partial charge in [-0.15, -0.1) is 0 Å². The predicted octanol–water partition coefficient (Wildman–Crippen LogP) is 5.22. The van der Waals surface area contributed by atoms with Gasteiger partial charge in [0, 0.05) is 34.3 Å². The number of nitriles is 1. The summed E-state index contributed by atoms with van der Waals surface area (Å²) in [5, 5.41) is 16.0. The largest absolute Gasteiger partial charge is 0.496 e. The van der Waals surface area contributed by atoms with Crippen molar-refractivity contribution in [2.45, 2.75) is 59.6 Å². The van der Waals surface area contributed by atoms with Gasteiger partial charge in [-0.3, -0.25) is 18.8 Å². The molecule has 0 N–H and O–H groups in total. The highest BCUT2D eigenvalue weighted by Gasteiger charge is 2.36. The zero-order valence-corrected chi connectivity index (χ0v) is 24.8. The van der Waals surface area contributed by atoms with Crippen LogP contribution in [0.25, 0.3) is 21.8 Å². The van der Waals surface area contributed by atoms with E-state index in [1.807, 2.05) is 19.1 Å². The van der Waals surface area contributed by atoms with Crippen LogP contribution in [0.15, 0.2) is 36.7 Å². The Hall–Kier alpha value is -4.85. The third kappa shape index (κ3) is 5.79. The van der Waals surface area contributed by atoms with Gasteiger partial charge in [0.15, 0.2) is 5.92 Å². The lowest BCUT2D eigenvalue weighted by Gasteiger charge is -2.20. The lowest BCUT2D eigenvalue weighted by atomic mass is 9.92. The number of benzene rings is 2. The number of hydrogen-bond acceptors (Lipinski definition) is 9. The summed E-state index contributed by atoms with van der Waals surface area (Å²) < 4.78 is 24.8. The highest BCUT2D eigenvalue weighted by Crippen LogP contribution is 2.35. The second kappa shape index (κ2) is 11.9. The van der Waals surface area contributed by atoms with E-state index >= 15 is 0 Å². The Morgan fingerprint density at radius 1 is 1.07 bits per heavy atom. The Morgan fingerprint density at radius 2 is 1.74 bits per heavy atom. The van der Waals surface area contributed by atoms with Crippen molar-refractivity contribution in [2.75, 3.05) is 20.3 Å². The molecule has 0 aliphatic heterocycles. The van der Waals surface area contributed by atoms with Crippen molar-refractivity contribution in [2.24, 2.45) is 0 Å². The molecular weight excluding hydrogens is 540 g/mol. The molecule has 0 bridgehead atoms. The molecule has 0 radical (unpaired) electrons. The fourth-order valence-electron chi connectivity index (χ4n) is 4.95. The molecule has 2 heterocycles. The zero-order chi connectivity index (χ0) is 30.8. The molecule has 4 aromatic rings. The summed E-state index contributed by atoms with van der Waals surface area (Å²) in [6, 6.07) is 8.98. The number of nitrogens with zero attached hydrogens (tertiary/aromatic N) is 4. The zero-order valence-electron chi connectivity index (χ0n) is 24.8. The van der Waals surface area contributed by atoms with Gasteiger partial charge in [-0.05, 0) is 71.4 Å². The molecule has 11 nitrogen and oxygen atoms in total. The van der Waals surface area contributed by atoms with E-state index in [4.69, 9.17) is 24.0 Å². The highest BCUT2D eigenvalue weighted by atomic mass is 16.6. The SMILES string of the molecule is CCOC(=O)C(C(=O)OCC)c1c(C#N)ccc2cn(Cc3c(OC)cc(C)c4c3ccn4C(=O)OC(C)(C)C)nc12. The molecule has 0 saturated heterocycles. The number of aryl methyl sites for hydroxylation is 1. The monoisotopic (exact) mass is 574 g/mol. The number of fused-ring (bicyclic) bond motifs is 2.